The van der Waals surface area contributed by atoms with Crippen LogP contribution in [0.3, 0.4) is 0 Å². The zero-order valence-electron chi connectivity index (χ0n) is 19.2. The Morgan fingerprint density at radius 3 is 2.19 bits per heavy atom. The molecule has 32 heavy (non-hydrogen) atoms. The van der Waals surface area contributed by atoms with Crippen LogP contribution in [0, 0.1) is 17.8 Å². The number of carbonyl (C=O) groups is 2. The van der Waals surface area contributed by atoms with Gasteiger partial charge < -0.3 is 34.1 Å². The SMILES string of the molecule is C/C1=C/CCC2C(CC1)C2COC(=O)NCCOCCOCCOCCOCCC(=O)O. The number of rotatable bonds is 17. The van der Waals surface area contributed by atoms with Crippen LogP contribution < -0.4 is 5.32 Å². The number of alkyl carbamates (subject to hydrolysis) is 1. The number of aliphatic carboxylic acids is 1. The predicted octanol–water partition coefficient (Wildman–Crippen LogP) is 2.64. The normalized spacial score (nSPS) is 23.9. The highest BCUT2D eigenvalue weighted by molar-refractivity contribution is 5.67. The third-order valence-electron chi connectivity index (χ3n) is 5.87. The quantitative estimate of drug-likeness (QED) is 0.253. The van der Waals surface area contributed by atoms with Gasteiger partial charge in [-0.15, -0.1) is 0 Å². The number of fused-ring (bicyclic) bond motifs is 1. The summed E-state index contributed by atoms with van der Waals surface area (Å²) >= 11 is 0. The molecule has 9 heteroatoms. The molecule has 2 rings (SSSR count). The minimum atomic E-state index is -0.873. The molecule has 2 aliphatic carbocycles. The first-order valence-electron chi connectivity index (χ1n) is 11.7. The van der Waals surface area contributed by atoms with Crippen molar-refractivity contribution in [1.29, 1.82) is 0 Å². The number of allylic oxidation sites excluding steroid dienone is 2. The Kier molecular flexibility index (Phi) is 13.3. The first-order chi connectivity index (χ1) is 15.6. The lowest BCUT2D eigenvalue weighted by atomic mass is 10.0. The van der Waals surface area contributed by atoms with Crippen LogP contribution in [-0.4, -0.2) is 83.2 Å². The Labute approximate surface area is 190 Å². The van der Waals surface area contributed by atoms with Crippen LogP contribution in [-0.2, 0) is 28.5 Å². The van der Waals surface area contributed by atoms with Gasteiger partial charge in [0, 0.05) is 6.54 Å². The second kappa shape index (κ2) is 16.0. The standard InChI is InChI=1S/C23H39NO8/c1-18-3-2-4-19-20(6-5-18)21(19)17-32-23(27)24-8-10-29-12-14-31-16-15-30-13-11-28-9-7-22(25)26/h3,19-21H,2,4-17H2,1H3,(H,24,27)(H,25,26)/b18-3-. The van der Waals surface area contributed by atoms with Crippen LogP contribution in [0.1, 0.15) is 39.0 Å². The molecule has 0 heterocycles. The maximum Gasteiger partial charge on any atom is 0.407 e. The van der Waals surface area contributed by atoms with Crippen molar-refractivity contribution in [2.45, 2.75) is 39.0 Å². The summed E-state index contributed by atoms with van der Waals surface area (Å²) in [6.07, 6.45) is 6.72. The van der Waals surface area contributed by atoms with Gasteiger partial charge in [-0.25, -0.2) is 4.79 Å². The number of carbonyl (C=O) groups excluding carboxylic acids is 1. The Morgan fingerprint density at radius 2 is 1.53 bits per heavy atom. The van der Waals surface area contributed by atoms with Crippen LogP contribution in [0.25, 0.3) is 0 Å². The Balaban J connectivity index is 1.30. The molecule has 0 saturated heterocycles. The molecular weight excluding hydrogens is 418 g/mol. The van der Waals surface area contributed by atoms with E-state index >= 15 is 0 Å². The monoisotopic (exact) mass is 457 g/mol. The Bertz CT molecular complexity index is 582. The van der Waals surface area contributed by atoms with Gasteiger partial charge in [0.25, 0.3) is 0 Å². The van der Waals surface area contributed by atoms with Crippen molar-refractivity contribution in [3.8, 4) is 0 Å². The summed E-state index contributed by atoms with van der Waals surface area (Å²) in [5, 5.41) is 11.2. The van der Waals surface area contributed by atoms with Gasteiger partial charge in [0.1, 0.15) is 0 Å². The van der Waals surface area contributed by atoms with Gasteiger partial charge in [0.05, 0.1) is 65.9 Å². The van der Waals surface area contributed by atoms with Crippen molar-refractivity contribution in [3.05, 3.63) is 11.6 Å². The van der Waals surface area contributed by atoms with Crippen LogP contribution in [0.5, 0.6) is 0 Å². The predicted molar refractivity (Wildman–Crippen MR) is 118 cm³/mol. The topological polar surface area (TPSA) is 113 Å². The van der Waals surface area contributed by atoms with Gasteiger partial charge in [0.2, 0.25) is 0 Å². The zero-order valence-corrected chi connectivity index (χ0v) is 19.2. The molecule has 9 nitrogen and oxygen atoms in total. The lowest BCUT2D eigenvalue weighted by Gasteiger charge is -2.08. The summed E-state index contributed by atoms with van der Waals surface area (Å²) in [6.45, 7) is 6.27. The number of hydrogen-bond donors (Lipinski definition) is 2. The minimum absolute atomic E-state index is 0.00102. The molecule has 0 spiro atoms. The summed E-state index contributed by atoms with van der Waals surface area (Å²) in [4.78, 5) is 22.1. The summed E-state index contributed by atoms with van der Waals surface area (Å²) in [5.41, 5.74) is 1.49. The van der Waals surface area contributed by atoms with Crippen LogP contribution in [0.4, 0.5) is 4.79 Å². The van der Waals surface area contributed by atoms with Gasteiger partial charge in [-0.3, -0.25) is 4.79 Å². The molecule has 3 unspecified atom stereocenters. The maximum absolute atomic E-state index is 11.8. The molecule has 2 N–H and O–H groups in total. The molecule has 1 fully saturated rings. The van der Waals surface area contributed by atoms with Crippen molar-refractivity contribution in [2.75, 3.05) is 66.0 Å². The van der Waals surface area contributed by atoms with E-state index in [2.05, 4.69) is 18.3 Å². The molecule has 1 amide bonds. The van der Waals surface area contributed by atoms with E-state index < -0.39 is 5.97 Å². The number of nitrogens with one attached hydrogen (secondary N) is 1. The maximum atomic E-state index is 11.8. The minimum Gasteiger partial charge on any atom is -0.481 e. The molecule has 2 aliphatic rings. The molecule has 0 aromatic rings. The van der Waals surface area contributed by atoms with Crippen molar-refractivity contribution >= 4 is 12.1 Å². The highest BCUT2D eigenvalue weighted by Crippen LogP contribution is 2.53. The van der Waals surface area contributed by atoms with E-state index in [9.17, 15) is 9.59 Å². The van der Waals surface area contributed by atoms with Gasteiger partial charge in [-0.2, -0.15) is 0 Å². The average Bonchev–Trinajstić information content (AvgIpc) is 3.41. The third-order valence-corrected chi connectivity index (χ3v) is 5.87. The first kappa shape index (κ1) is 26.6. The fraction of sp³-hybridized carbons (Fsp3) is 0.826. The Morgan fingerprint density at radius 1 is 0.938 bits per heavy atom. The van der Waals surface area contributed by atoms with Gasteiger partial charge in [0.15, 0.2) is 0 Å². The van der Waals surface area contributed by atoms with Crippen LogP contribution >= 0.6 is 0 Å². The number of ether oxygens (including phenoxy) is 5. The molecular formula is C23H39NO8. The summed E-state index contributed by atoms with van der Waals surface area (Å²) < 4.78 is 26.6. The van der Waals surface area contributed by atoms with Gasteiger partial charge in [-0.1, -0.05) is 11.6 Å². The van der Waals surface area contributed by atoms with Crippen LogP contribution in [0.15, 0.2) is 11.6 Å². The van der Waals surface area contributed by atoms with E-state index in [1.54, 1.807) is 0 Å². The second-order valence-corrected chi connectivity index (χ2v) is 8.28. The first-order valence-corrected chi connectivity index (χ1v) is 11.7. The van der Waals surface area contributed by atoms with E-state index in [1.807, 2.05) is 0 Å². The highest BCUT2D eigenvalue weighted by atomic mass is 16.6. The third kappa shape index (κ3) is 11.8. The lowest BCUT2D eigenvalue weighted by molar-refractivity contribution is -0.138. The lowest BCUT2D eigenvalue weighted by Crippen LogP contribution is -2.29. The molecule has 0 aliphatic heterocycles. The number of hydrogen-bond acceptors (Lipinski definition) is 7. The van der Waals surface area contributed by atoms with Crippen LogP contribution in [0.2, 0.25) is 0 Å². The largest absolute Gasteiger partial charge is 0.481 e. The Hall–Kier alpha value is -1.68. The highest BCUT2D eigenvalue weighted by Gasteiger charge is 2.49. The van der Waals surface area contributed by atoms with Gasteiger partial charge in [-0.05, 0) is 50.4 Å². The summed E-state index contributed by atoms with van der Waals surface area (Å²) in [6, 6.07) is 0. The zero-order chi connectivity index (χ0) is 23.0. The van der Waals surface area contributed by atoms with E-state index in [4.69, 9.17) is 28.8 Å². The molecule has 0 aromatic heterocycles. The number of carboxylic acids is 1. The molecule has 0 radical (unpaired) electrons. The van der Waals surface area contributed by atoms with Crippen molar-refractivity contribution in [3.63, 3.8) is 0 Å². The van der Waals surface area contributed by atoms with Crippen molar-refractivity contribution in [2.24, 2.45) is 17.8 Å². The van der Waals surface area contributed by atoms with E-state index in [1.165, 1.54) is 24.8 Å². The van der Waals surface area contributed by atoms with Crippen molar-refractivity contribution in [1.82, 2.24) is 5.32 Å². The molecule has 184 valence electrons. The smallest absolute Gasteiger partial charge is 0.407 e. The molecule has 0 bridgehead atoms. The van der Waals surface area contributed by atoms with E-state index in [0.717, 1.165) is 18.3 Å². The van der Waals surface area contributed by atoms with E-state index in [-0.39, 0.29) is 19.1 Å². The second-order valence-electron chi connectivity index (χ2n) is 8.28. The average molecular weight is 458 g/mol. The molecule has 3 atom stereocenters. The summed E-state index contributed by atoms with van der Waals surface area (Å²) in [5.74, 6) is 1.10. The fourth-order valence-corrected chi connectivity index (χ4v) is 4.02. The molecule has 1 saturated carbocycles. The summed E-state index contributed by atoms with van der Waals surface area (Å²) in [7, 11) is 0. The number of amides is 1. The fourth-order valence-electron chi connectivity index (χ4n) is 4.02. The van der Waals surface area contributed by atoms with Crippen molar-refractivity contribution < 1.29 is 38.4 Å². The van der Waals surface area contributed by atoms with Gasteiger partial charge >= 0.3 is 12.1 Å². The molecule has 0 aromatic carbocycles. The number of carboxylic acid groups (broad SMARTS) is 1. The van der Waals surface area contributed by atoms with E-state index in [0.29, 0.717) is 65.3 Å².